The number of hydrogen-bond donors (Lipinski definition) is 0. The van der Waals surface area contributed by atoms with Gasteiger partial charge in [0.25, 0.3) is 0 Å². The molecule has 0 spiro atoms. The van der Waals surface area contributed by atoms with Gasteiger partial charge < -0.3 is 9.21 Å². The van der Waals surface area contributed by atoms with E-state index >= 15 is 0 Å². The molecule has 0 radical (unpaired) electrons. The number of anilines is 1. The summed E-state index contributed by atoms with van der Waals surface area (Å²) >= 11 is 0. The highest BCUT2D eigenvalue weighted by Crippen LogP contribution is 2.34. The Hall–Kier alpha value is -2.20. The van der Waals surface area contributed by atoms with E-state index in [9.17, 15) is 0 Å². The van der Waals surface area contributed by atoms with E-state index in [0.717, 1.165) is 0 Å². The van der Waals surface area contributed by atoms with Crippen LogP contribution in [-0.2, 0) is 0 Å². The van der Waals surface area contributed by atoms with Crippen molar-refractivity contribution in [1.82, 2.24) is 9.62 Å². The minimum Gasteiger partial charge on any atom is -0.359 e. The first-order chi connectivity index (χ1) is 17.5. The molecule has 4 nitrogen and oxygen atoms in total. The van der Waals surface area contributed by atoms with Crippen LogP contribution in [-0.4, -0.2) is 60.7 Å². The normalized spacial score (nSPS) is 20.3. The molecule has 3 aliphatic rings. The van der Waals surface area contributed by atoms with Gasteiger partial charge in [0, 0.05) is 5.69 Å². The molecule has 0 saturated heterocycles. The predicted octanol–water partition coefficient (Wildman–Crippen LogP) is 5.38. The Morgan fingerprint density at radius 3 is 1.97 bits per heavy atom. The van der Waals surface area contributed by atoms with E-state index in [1.54, 1.807) is 0 Å². The van der Waals surface area contributed by atoms with Gasteiger partial charge in [0.2, 0.25) is 6.34 Å². The quantitative estimate of drug-likeness (QED) is 0.530. The van der Waals surface area contributed by atoms with E-state index in [4.69, 9.17) is 0 Å². The summed E-state index contributed by atoms with van der Waals surface area (Å²) in [5.41, 5.74) is 6.92. The SMILES string of the molecule is Cc1cc(C)c(N2B(N(C)C)N(C3CCCCC3)C=[N+](C3CCCCC3)B2c2ccccc2)c(C)c1. The average molecular weight is 483 g/mol. The van der Waals surface area contributed by atoms with Crippen LogP contribution in [0.4, 0.5) is 5.69 Å². The van der Waals surface area contributed by atoms with Gasteiger partial charge in [-0.15, -0.1) is 0 Å². The van der Waals surface area contributed by atoms with Gasteiger partial charge in [-0.25, -0.2) is 0 Å². The van der Waals surface area contributed by atoms with Gasteiger partial charge in [-0.05, 0) is 103 Å². The van der Waals surface area contributed by atoms with Crippen LogP contribution in [0.2, 0.25) is 0 Å². The lowest BCUT2D eigenvalue weighted by molar-refractivity contribution is -0.443. The van der Waals surface area contributed by atoms with Crippen LogP contribution in [0.5, 0.6) is 0 Å². The number of rotatable bonds is 5. The van der Waals surface area contributed by atoms with Crippen molar-refractivity contribution in [1.29, 1.82) is 0 Å². The Balaban J connectivity index is 1.74. The van der Waals surface area contributed by atoms with Gasteiger partial charge in [-0.1, -0.05) is 60.9 Å². The van der Waals surface area contributed by atoms with Crippen LogP contribution < -0.4 is 10.2 Å². The lowest BCUT2D eigenvalue weighted by Crippen LogP contribution is -2.77. The molecule has 2 fully saturated rings. The van der Waals surface area contributed by atoms with Crippen molar-refractivity contribution in [3.8, 4) is 0 Å². The number of nitrogens with zero attached hydrogens (tertiary/aromatic N) is 4. The highest BCUT2D eigenvalue weighted by Gasteiger charge is 2.57. The van der Waals surface area contributed by atoms with Crippen LogP contribution in [0.25, 0.3) is 0 Å². The third-order valence-electron chi connectivity index (χ3n) is 8.77. The highest BCUT2D eigenvalue weighted by molar-refractivity contribution is 6.86. The van der Waals surface area contributed by atoms with Crippen molar-refractivity contribution in [2.24, 2.45) is 0 Å². The number of benzene rings is 2. The largest absolute Gasteiger partial charge is 0.584 e. The molecule has 0 atom stereocenters. The molecule has 1 aliphatic heterocycles. The molecule has 190 valence electrons. The van der Waals surface area contributed by atoms with E-state index in [1.807, 2.05) is 0 Å². The van der Waals surface area contributed by atoms with E-state index in [-0.39, 0.29) is 14.1 Å². The molecule has 6 heteroatoms. The third-order valence-corrected chi connectivity index (χ3v) is 8.77. The van der Waals surface area contributed by atoms with E-state index in [0.29, 0.717) is 12.1 Å². The molecule has 1 heterocycles. The van der Waals surface area contributed by atoms with E-state index in [1.165, 1.54) is 92.0 Å². The average Bonchev–Trinajstić information content (AvgIpc) is 2.89. The maximum atomic E-state index is 2.78. The summed E-state index contributed by atoms with van der Waals surface area (Å²) in [6, 6.07) is 17.3. The molecule has 0 aromatic heterocycles. The lowest BCUT2D eigenvalue weighted by atomic mass is 9.54. The summed E-state index contributed by atoms with van der Waals surface area (Å²) in [5, 5.41) is 0. The predicted molar refractivity (Wildman–Crippen MR) is 156 cm³/mol. The Morgan fingerprint density at radius 2 is 1.39 bits per heavy atom. The monoisotopic (exact) mass is 483 g/mol. The van der Waals surface area contributed by atoms with Crippen LogP contribution in [0.1, 0.15) is 80.9 Å². The second-order valence-electron chi connectivity index (χ2n) is 11.8. The molecule has 0 amide bonds. The molecule has 2 aromatic carbocycles. The highest BCUT2D eigenvalue weighted by atomic mass is 15.4. The summed E-state index contributed by atoms with van der Waals surface area (Å²) < 4.78 is 5.56. The minimum atomic E-state index is 0.179. The van der Waals surface area contributed by atoms with Gasteiger partial charge >= 0.3 is 14.1 Å². The van der Waals surface area contributed by atoms with Gasteiger partial charge in [0.05, 0.1) is 12.1 Å². The fourth-order valence-electron chi connectivity index (χ4n) is 7.32. The summed E-state index contributed by atoms with van der Waals surface area (Å²) in [7, 11) is 4.73. The zero-order valence-corrected chi connectivity index (χ0v) is 23.3. The maximum Gasteiger partial charge on any atom is 0.584 e. The zero-order chi connectivity index (χ0) is 25.2. The number of aryl methyl sites for hydroxylation is 3. The standard InChI is InChI=1S/C30H45B2N4/c1-24-21-25(2)30(26(3)22-24)36-31(27-15-9-6-10-16-27)34(28-17-11-7-12-18-28)23-35(32(36)33(4)5)29-19-13-8-14-20-29/h6,9-10,15-16,21-23,28-29H,7-8,11-14,17-20H2,1-5H3/q+1. The summed E-state index contributed by atoms with van der Waals surface area (Å²) in [6.07, 6.45) is 15.9. The molecule has 5 rings (SSSR count). The Labute approximate surface area is 220 Å². The van der Waals surface area contributed by atoms with Crippen molar-refractivity contribution in [2.75, 3.05) is 18.8 Å². The van der Waals surface area contributed by atoms with Gasteiger partial charge in [0.1, 0.15) is 0 Å². The van der Waals surface area contributed by atoms with Crippen LogP contribution in [0.15, 0.2) is 42.5 Å². The molecule has 2 aromatic rings. The second-order valence-corrected chi connectivity index (χ2v) is 11.8. The van der Waals surface area contributed by atoms with Crippen LogP contribution >= 0.6 is 0 Å². The zero-order valence-electron chi connectivity index (χ0n) is 23.3. The summed E-state index contributed by atoms with van der Waals surface area (Å²) in [4.78, 5) is 5.21. The van der Waals surface area contributed by atoms with Crippen molar-refractivity contribution >= 4 is 31.6 Å². The third kappa shape index (κ3) is 4.98. The molecule has 0 N–H and O–H groups in total. The molecule has 0 bridgehead atoms. The molecular weight excluding hydrogens is 438 g/mol. The second kappa shape index (κ2) is 11.0. The summed E-state index contributed by atoms with van der Waals surface area (Å²) in [5.74, 6) is 0. The molecular formula is C30H45B2N4+. The Kier molecular flexibility index (Phi) is 7.81. The fraction of sp³-hybridized carbons (Fsp3) is 0.567. The molecule has 2 saturated carbocycles. The lowest BCUT2D eigenvalue weighted by Gasteiger charge is -2.47. The van der Waals surface area contributed by atoms with Crippen LogP contribution in [0, 0.1) is 20.8 Å². The Morgan fingerprint density at radius 1 is 0.806 bits per heavy atom. The number of hydrogen-bond acceptors (Lipinski definition) is 3. The maximum absolute atomic E-state index is 2.78. The first kappa shape index (κ1) is 25.4. The van der Waals surface area contributed by atoms with Gasteiger partial charge in [-0.3, -0.25) is 9.62 Å². The molecule has 0 unspecified atom stereocenters. The van der Waals surface area contributed by atoms with Crippen LogP contribution in [0.3, 0.4) is 0 Å². The molecule has 2 aliphatic carbocycles. The smallest absolute Gasteiger partial charge is 0.359 e. The van der Waals surface area contributed by atoms with E-state index < -0.39 is 0 Å². The van der Waals surface area contributed by atoms with Crippen molar-refractivity contribution in [3.63, 3.8) is 0 Å². The van der Waals surface area contributed by atoms with Crippen molar-refractivity contribution in [2.45, 2.75) is 97.1 Å². The minimum absolute atomic E-state index is 0.179. The Bertz CT molecular complexity index is 1030. The topological polar surface area (TPSA) is 12.7 Å². The van der Waals surface area contributed by atoms with Gasteiger partial charge in [0.15, 0.2) is 0 Å². The van der Waals surface area contributed by atoms with Crippen molar-refractivity contribution < 1.29 is 4.49 Å². The van der Waals surface area contributed by atoms with E-state index in [2.05, 4.69) is 102 Å². The fourth-order valence-corrected chi connectivity index (χ4v) is 7.32. The van der Waals surface area contributed by atoms with Gasteiger partial charge in [-0.2, -0.15) is 0 Å². The first-order valence-electron chi connectivity index (χ1n) is 14.4. The first-order valence-corrected chi connectivity index (χ1v) is 14.4. The van der Waals surface area contributed by atoms with Crippen molar-refractivity contribution in [3.05, 3.63) is 59.2 Å². The summed E-state index contributed by atoms with van der Waals surface area (Å²) in [6.45, 7) is 7.05. The molecule has 36 heavy (non-hydrogen) atoms.